The molecule has 34 heavy (non-hydrogen) atoms. The number of carbonyl (C=O) groups excluding carboxylic acids is 1. The maximum atomic E-state index is 14.6. The third kappa shape index (κ3) is 5.65. The molecular weight excluding hydrogens is 458 g/mol. The number of alkyl halides is 3. The number of nitrogen functional groups attached to an aromatic ring is 1. The molecule has 194 valence electrons. The van der Waals surface area contributed by atoms with Gasteiger partial charge in [-0.2, -0.15) is 27.8 Å². The van der Waals surface area contributed by atoms with Crippen LogP contribution in [0.15, 0.2) is 6.20 Å². The van der Waals surface area contributed by atoms with Crippen LogP contribution >= 0.6 is 0 Å². The molecule has 0 radical (unpaired) electrons. The van der Waals surface area contributed by atoms with Crippen LogP contribution in [0.2, 0.25) is 0 Å². The van der Waals surface area contributed by atoms with Gasteiger partial charge < -0.3 is 21.3 Å². The van der Waals surface area contributed by atoms with Crippen molar-refractivity contribution in [2.24, 2.45) is 5.92 Å². The molecular formula is C20H35F4N9O. The second kappa shape index (κ2) is 9.97. The zero-order valence-corrected chi connectivity index (χ0v) is 18.5. The van der Waals surface area contributed by atoms with Crippen LogP contribution in [0.1, 0.15) is 50.7 Å². The molecule has 1 aliphatic carbocycles. The average molecular weight is 494 g/mol. The summed E-state index contributed by atoms with van der Waals surface area (Å²) >= 11 is 0. The van der Waals surface area contributed by atoms with Gasteiger partial charge in [0.1, 0.15) is 12.6 Å². The molecule has 1 amide bonds. The minimum absolute atomic E-state index is 0. The predicted octanol–water partition coefficient (Wildman–Crippen LogP) is 3.40. The van der Waals surface area contributed by atoms with Crippen molar-refractivity contribution in [1.29, 1.82) is 0 Å². The van der Waals surface area contributed by atoms with E-state index in [9.17, 15) is 22.4 Å². The standard InChI is InChI=1S/C20H27F4N9O.4H2/c21-13-10-27-19(33-17(25)30-18(31-33)26-9-12-5-2-1-3-6-12)29-15(13)32-8-4-7-14(32)16(34)28-11-20(22,23)24;;;;/h10,12,14H,1-9,11H2,(H,28,34)(H3,25,26,30,31);4*1H/t14-;;;;/m1..../s1. The Morgan fingerprint density at radius 1 is 1.18 bits per heavy atom. The van der Waals surface area contributed by atoms with Gasteiger partial charge in [-0.3, -0.25) is 4.79 Å². The van der Waals surface area contributed by atoms with Crippen LogP contribution in [-0.4, -0.2) is 62.5 Å². The Kier molecular flexibility index (Phi) is 7.03. The van der Waals surface area contributed by atoms with Crippen LogP contribution in [0.3, 0.4) is 0 Å². The highest BCUT2D eigenvalue weighted by Crippen LogP contribution is 2.28. The summed E-state index contributed by atoms with van der Waals surface area (Å²) in [4.78, 5) is 25.9. The van der Waals surface area contributed by atoms with Crippen molar-refractivity contribution < 1.29 is 28.1 Å². The lowest BCUT2D eigenvalue weighted by Crippen LogP contribution is -2.46. The maximum Gasteiger partial charge on any atom is 0.405 e. The lowest BCUT2D eigenvalue weighted by atomic mass is 9.89. The molecule has 2 aromatic heterocycles. The van der Waals surface area contributed by atoms with Gasteiger partial charge in [-0.05, 0) is 31.6 Å². The molecule has 0 bridgehead atoms. The number of nitrogens with one attached hydrogen (secondary N) is 2. The fourth-order valence-electron chi connectivity index (χ4n) is 4.42. The molecule has 3 heterocycles. The smallest absolute Gasteiger partial charge is 0.368 e. The van der Waals surface area contributed by atoms with Gasteiger partial charge in [0.15, 0.2) is 11.6 Å². The molecule has 2 aromatic rings. The van der Waals surface area contributed by atoms with Gasteiger partial charge >= 0.3 is 6.18 Å². The van der Waals surface area contributed by atoms with Gasteiger partial charge in [0.05, 0.1) is 6.20 Å². The Bertz CT molecular complexity index is 1020. The lowest BCUT2D eigenvalue weighted by Gasteiger charge is -2.25. The fourth-order valence-corrected chi connectivity index (χ4v) is 4.42. The van der Waals surface area contributed by atoms with Gasteiger partial charge in [0.2, 0.25) is 17.8 Å². The van der Waals surface area contributed by atoms with Crippen molar-refractivity contribution in [3.05, 3.63) is 12.0 Å². The lowest BCUT2D eigenvalue weighted by molar-refractivity contribution is -0.139. The van der Waals surface area contributed by atoms with Gasteiger partial charge in [0, 0.05) is 18.8 Å². The zero-order chi connectivity index (χ0) is 24.3. The molecule has 4 rings (SSSR count). The van der Waals surface area contributed by atoms with Gasteiger partial charge in [-0.15, -0.1) is 5.10 Å². The monoisotopic (exact) mass is 493 g/mol. The number of hydrogen-bond acceptors (Lipinski definition) is 8. The summed E-state index contributed by atoms with van der Waals surface area (Å²) in [7, 11) is 0. The van der Waals surface area contributed by atoms with Crippen LogP contribution in [-0.2, 0) is 4.79 Å². The number of carbonyl (C=O) groups is 1. The predicted molar refractivity (Wildman–Crippen MR) is 124 cm³/mol. The van der Waals surface area contributed by atoms with Gasteiger partial charge in [-0.1, -0.05) is 19.3 Å². The zero-order valence-electron chi connectivity index (χ0n) is 18.5. The minimum Gasteiger partial charge on any atom is -0.368 e. The molecule has 2 fully saturated rings. The Labute approximate surface area is 199 Å². The molecule has 1 saturated carbocycles. The summed E-state index contributed by atoms with van der Waals surface area (Å²) in [5.41, 5.74) is 5.97. The molecule has 14 heteroatoms. The third-order valence-corrected chi connectivity index (χ3v) is 6.10. The number of nitrogens with zero attached hydrogens (tertiary/aromatic N) is 6. The van der Waals surface area contributed by atoms with Crippen molar-refractivity contribution in [1.82, 2.24) is 30.0 Å². The van der Waals surface area contributed by atoms with E-state index in [1.165, 1.54) is 24.2 Å². The largest absolute Gasteiger partial charge is 0.405 e. The quantitative estimate of drug-likeness (QED) is 0.501. The van der Waals surface area contributed by atoms with E-state index < -0.39 is 30.5 Å². The van der Waals surface area contributed by atoms with E-state index in [1.54, 1.807) is 0 Å². The highest BCUT2D eigenvalue weighted by Gasteiger charge is 2.36. The van der Waals surface area contributed by atoms with Crippen molar-refractivity contribution in [3.63, 3.8) is 0 Å². The van der Waals surface area contributed by atoms with Gasteiger partial charge in [0.25, 0.3) is 5.95 Å². The normalized spacial score (nSPS) is 19.4. The number of halogens is 4. The summed E-state index contributed by atoms with van der Waals surface area (Å²) in [5.74, 6) is -1.11. The van der Waals surface area contributed by atoms with Crippen LogP contribution in [0, 0.1) is 11.7 Å². The van der Waals surface area contributed by atoms with Gasteiger partial charge in [-0.25, -0.2) is 9.37 Å². The number of hydrogen-bond donors (Lipinski definition) is 3. The molecule has 10 nitrogen and oxygen atoms in total. The first-order valence-electron chi connectivity index (χ1n) is 11.3. The number of rotatable bonds is 7. The SMILES string of the molecule is Nc1nc(NCC2CCCCC2)nn1-c1ncc(F)c(N2CCC[C@@H]2C(=O)NCC(F)(F)F)n1.[HH].[HH].[HH].[HH]. The first kappa shape index (κ1) is 24.0. The van der Waals surface area contributed by atoms with Crippen LogP contribution in [0.25, 0.3) is 5.95 Å². The first-order chi connectivity index (χ1) is 16.2. The molecule has 0 unspecified atom stereocenters. The second-order valence-electron chi connectivity index (χ2n) is 8.62. The molecule has 2 aliphatic rings. The third-order valence-electron chi connectivity index (χ3n) is 6.10. The number of aromatic nitrogens is 5. The Balaban J connectivity index is 0.00000342. The molecule has 1 atom stereocenters. The Morgan fingerprint density at radius 2 is 1.94 bits per heavy atom. The average Bonchev–Trinajstić information content (AvgIpc) is 3.43. The van der Waals surface area contributed by atoms with Crippen molar-refractivity contribution in [3.8, 4) is 5.95 Å². The highest BCUT2D eigenvalue weighted by atomic mass is 19.4. The van der Waals surface area contributed by atoms with Crippen LogP contribution in [0.5, 0.6) is 0 Å². The first-order valence-corrected chi connectivity index (χ1v) is 11.3. The van der Waals surface area contributed by atoms with E-state index in [1.807, 2.05) is 5.32 Å². The Morgan fingerprint density at radius 3 is 2.68 bits per heavy atom. The summed E-state index contributed by atoms with van der Waals surface area (Å²) in [6.07, 6.45) is 3.07. The molecule has 4 N–H and O–H groups in total. The summed E-state index contributed by atoms with van der Waals surface area (Å²) in [6.45, 7) is -0.500. The van der Waals surface area contributed by atoms with E-state index in [4.69, 9.17) is 5.73 Å². The van der Waals surface area contributed by atoms with E-state index in [2.05, 4.69) is 25.4 Å². The van der Waals surface area contributed by atoms with Crippen LogP contribution < -0.4 is 21.3 Å². The van der Waals surface area contributed by atoms with E-state index in [-0.39, 0.29) is 36.4 Å². The van der Waals surface area contributed by atoms with Crippen molar-refractivity contribution >= 4 is 23.6 Å². The topological polar surface area (TPSA) is 127 Å². The molecule has 0 spiro atoms. The number of amides is 1. The van der Waals surface area contributed by atoms with E-state index in [0.29, 0.717) is 24.8 Å². The summed E-state index contributed by atoms with van der Waals surface area (Å²) in [5, 5.41) is 9.29. The van der Waals surface area contributed by atoms with Crippen molar-refractivity contribution in [2.75, 3.05) is 35.6 Å². The van der Waals surface area contributed by atoms with E-state index >= 15 is 0 Å². The number of anilines is 3. The second-order valence-corrected chi connectivity index (χ2v) is 8.62. The number of nitrogens with two attached hydrogens (primary N) is 1. The van der Waals surface area contributed by atoms with Crippen molar-refractivity contribution in [2.45, 2.75) is 57.2 Å². The minimum atomic E-state index is -4.54. The highest BCUT2D eigenvalue weighted by molar-refractivity contribution is 5.85. The summed E-state index contributed by atoms with van der Waals surface area (Å²) in [6, 6.07) is -0.986. The molecule has 1 aliphatic heterocycles. The maximum absolute atomic E-state index is 14.6. The molecule has 1 saturated heterocycles. The Hall–Kier alpha value is -3.19. The van der Waals surface area contributed by atoms with E-state index in [0.717, 1.165) is 23.7 Å². The molecule has 0 aromatic carbocycles. The fraction of sp³-hybridized carbons (Fsp3) is 0.650. The summed E-state index contributed by atoms with van der Waals surface area (Å²) < 4.78 is 53.2. The van der Waals surface area contributed by atoms with Crippen LogP contribution in [0.4, 0.5) is 35.3 Å².